The van der Waals surface area contributed by atoms with Crippen LogP contribution >= 0.6 is 27.7 Å². The number of carbonyl (C=O) groups is 1. The second kappa shape index (κ2) is 8.56. The van der Waals surface area contributed by atoms with E-state index < -0.39 is 0 Å². The summed E-state index contributed by atoms with van der Waals surface area (Å²) in [4.78, 5) is 11.6. The Morgan fingerprint density at radius 2 is 2.28 bits per heavy atom. The van der Waals surface area contributed by atoms with Crippen molar-refractivity contribution < 1.29 is 4.79 Å². The Morgan fingerprint density at radius 3 is 2.94 bits per heavy atom. The van der Waals surface area contributed by atoms with E-state index in [-0.39, 0.29) is 5.91 Å². The van der Waals surface area contributed by atoms with Gasteiger partial charge in [-0.15, -0.1) is 0 Å². The first-order chi connectivity index (χ1) is 8.61. The molecule has 0 aromatic heterocycles. The molecule has 1 aromatic carbocycles. The summed E-state index contributed by atoms with van der Waals surface area (Å²) < 4.78 is 0.960. The van der Waals surface area contributed by atoms with Crippen molar-refractivity contribution in [2.75, 3.05) is 24.7 Å². The molecule has 0 saturated heterocycles. The lowest BCUT2D eigenvalue weighted by Crippen LogP contribution is -2.29. The van der Waals surface area contributed by atoms with E-state index in [2.05, 4.69) is 39.7 Å². The first-order valence-electron chi connectivity index (χ1n) is 5.90. The Labute approximate surface area is 121 Å². The van der Waals surface area contributed by atoms with E-state index in [0.717, 1.165) is 23.1 Å². The minimum Gasteiger partial charge on any atom is -0.325 e. The highest BCUT2D eigenvalue weighted by Crippen LogP contribution is 2.15. The number of amides is 1. The third kappa shape index (κ3) is 6.42. The molecule has 0 radical (unpaired) electrons. The van der Waals surface area contributed by atoms with E-state index in [1.54, 1.807) is 0 Å². The van der Waals surface area contributed by atoms with Gasteiger partial charge in [-0.25, -0.2) is 0 Å². The first kappa shape index (κ1) is 15.5. The van der Waals surface area contributed by atoms with Crippen LogP contribution in [0.15, 0.2) is 28.7 Å². The zero-order valence-electron chi connectivity index (χ0n) is 10.7. The van der Waals surface area contributed by atoms with Crippen molar-refractivity contribution in [1.29, 1.82) is 0 Å². The van der Waals surface area contributed by atoms with Crippen molar-refractivity contribution in [2.45, 2.75) is 18.6 Å². The molecule has 1 unspecified atom stereocenters. The van der Waals surface area contributed by atoms with Gasteiger partial charge in [0.15, 0.2) is 0 Å². The molecule has 0 fully saturated rings. The average molecular weight is 331 g/mol. The second-order valence-corrected chi connectivity index (χ2v) is 6.26. The van der Waals surface area contributed by atoms with E-state index in [1.807, 2.05) is 36.0 Å². The summed E-state index contributed by atoms with van der Waals surface area (Å²) in [5.41, 5.74) is 0.814. The van der Waals surface area contributed by atoms with E-state index in [9.17, 15) is 4.79 Å². The van der Waals surface area contributed by atoms with Crippen LogP contribution in [0.3, 0.4) is 0 Å². The molecule has 2 N–H and O–H groups in total. The minimum absolute atomic E-state index is 0.00935. The minimum atomic E-state index is -0.00935. The maximum Gasteiger partial charge on any atom is 0.238 e. The normalized spacial score (nSPS) is 12.2. The monoisotopic (exact) mass is 330 g/mol. The third-order valence-corrected chi connectivity index (χ3v) is 4.06. The molecule has 0 aliphatic heterocycles. The van der Waals surface area contributed by atoms with Crippen LogP contribution in [0, 0.1) is 0 Å². The van der Waals surface area contributed by atoms with Crippen LogP contribution in [0.5, 0.6) is 0 Å². The maximum atomic E-state index is 11.6. The van der Waals surface area contributed by atoms with E-state index in [0.29, 0.717) is 11.8 Å². The smallest absolute Gasteiger partial charge is 0.238 e. The summed E-state index contributed by atoms with van der Waals surface area (Å²) in [7, 11) is 0. The largest absolute Gasteiger partial charge is 0.325 e. The van der Waals surface area contributed by atoms with Crippen LogP contribution in [0.4, 0.5) is 5.69 Å². The molecule has 1 rings (SSSR count). The predicted octanol–water partition coefficient (Wildman–Crippen LogP) is 3.12. The van der Waals surface area contributed by atoms with Gasteiger partial charge in [-0.3, -0.25) is 4.79 Å². The summed E-state index contributed by atoms with van der Waals surface area (Å²) >= 11 is 5.21. The molecule has 0 heterocycles. The number of nitrogens with one attached hydrogen (secondary N) is 2. The third-order valence-electron chi connectivity index (χ3n) is 2.52. The molecule has 0 aliphatic rings. The maximum absolute atomic E-state index is 11.6. The van der Waals surface area contributed by atoms with Gasteiger partial charge in [0.2, 0.25) is 5.91 Å². The summed E-state index contributed by atoms with van der Waals surface area (Å²) in [6.07, 6.45) is 3.18. The molecule has 0 spiro atoms. The molecule has 1 amide bonds. The van der Waals surface area contributed by atoms with Crippen LogP contribution in [0.25, 0.3) is 0 Å². The number of anilines is 1. The van der Waals surface area contributed by atoms with Crippen molar-refractivity contribution in [3.05, 3.63) is 28.7 Å². The molecule has 0 aliphatic carbocycles. The number of rotatable bonds is 7. The molecule has 0 bridgehead atoms. The fraction of sp³-hybridized carbons (Fsp3) is 0.462. The van der Waals surface area contributed by atoms with Crippen molar-refractivity contribution in [2.24, 2.45) is 0 Å². The highest BCUT2D eigenvalue weighted by atomic mass is 79.9. The van der Waals surface area contributed by atoms with Crippen LogP contribution in [0.1, 0.15) is 13.3 Å². The number of carbonyl (C=O) groups excluding carboxylic acids is 1. The van der Waals surface area contributed by atoms with Crippen molar-refractivity contribution in [1.82, 2.24) is 5.32 Å². The van der Waals surface area contributed by atoms with Gasteiger partial charge in [-0.05, 0) is 37.4 Å². The zero-order valence-corrected chi connectivity index (χ0v) is 13.1. The number of thioether (sulfide) groups is 1. The highest BCUT2D eigenvalue weighted by Gasteiger charge is 2.03. The van der Waals surface area contributed by atoms with Gasteiger partial charge >= 0.3 is 0 Å². The Balaban J connectivity index is 2.22. The average Bonchev–Trinajstić information content (AvgIpc) is 2.34. The van der Waals surface area contributed by atoms with Crippen LogP contribution in [0.2, 0.25) is 0 Å². The SMILES string of the molecule is CSC(C)CCNCC(=O)Nc1cccc(Br)c1. The molecular weight excluding hydrogens is 312 g/mol. The summed E-state index contributed by atoms with van der Waals surface area (Å²) in [5.74, 6) is -0.00935. The molecular formula is C13H19BrN2OS. The summed E-state index contributed by atoms with van der Waals surface area (Å²) in [6.45, 7) is 3.41. The van der Waals surface area contributed by atoms with Gasteiger partial charge in [-0.1, -0.05) is 28.9 Å². The van der Waals surface area contributed by atoms with Crippen molar-refractivity contribution in [3.63, 3.8) is 0 Å². The van der Waals surface area contributed by atoms with Gasteiger partial charge in [0.25, 0.3) is 0 Å². The Morgan fingerprint density at radius 1 is 1.50 bits per heavy atom. The lowest BCUT2D eigenvalue weighted by atomic mass is 10.3. The van der Waals surface area contributed by atoms with Gasteiger partial charge in [0.05, 0.1) is 6.54 Å². The molecule has 1 aromatic rings. The van der Waals surface area contributed by atoms with Gasteiger partial charge in [0, 0.05) is 15.4 Å². The van der Waals surface area contributed by atoms with Crippen LogP contribution < -0.4 is 10.6 Å². The van der Waals surface area contributed by atoms with Crippen LogP contribution in [-0.2, 0) is 4.79 Å². The molecule has 18 heavy (non-hydrogen) atoms. The molecule has 0 saturated carbocycles. The number of hydrogen-bond acceptors (Lipinski definition) is 3. The van der Waals surface area contributed by atoms with Gasteiger partial charge < -0.3 is 10.6 Å². The number of hydrogen-bond donors (Lipinski definition) is 2. The van der Waals surface area contributed by atoms with Gasteiger partial charge in [-0.2, -0.15) is 11.8 Å². The Kier molecular flexibility index (Phi) is 7.39. The molecule has 5 heteroatoms. The number of benzene rings is 1. The highest BCUT2D eigenvalue weighted by molar-refractivity contribution is 9.10. The fourth-order valence-corrected chi connectivity index (χ4v) is 2.15. The first-order valence-corrected chi connectivity index (χ1v) is 7.99. The molecule has 1 atom stereocenters. The summed E-state index contributed by atoms with van der Waals surface area (Å²) in [6, 6.07) is 7.58. The standard InChI is InChI=1S/C13H19BrN2OS/c1-10(18-2)6-7-15-9-13(17)16-12-5-3-4-11(14)8-12/h3-5,8,10,15H,6-7,9H2,1-2H3,(H,16,17). The van der Waals surface area contributed by atoms with Crippen molar-refractivity contribution >= 4 is 39.3 Å². The second-order valence-electron chi connectivity index (χ2n) is 4.07. The van der Waals surface area contributed by atoms with Crippen molar-refractivity contribution in [3.8, 4) is 0 Å². The summed E-state index contributed by atoms with van der Waals surface area (Å²) in [5, 5.41) is 6.63. The van der Waals surface area contributed by atoms with Gasteiger partial charge in [0.1, 0.15) is 0 Å². The quantitative estimate of drug-likeness (QED) is 0.755. The lowest BCUT2D eigenvalue weighted by Gasteiger charge is -2.09. The lowest BCUT2D eigenvalue weighted by molar-refractivity contribution is -0.115. The predicted molar refractivity (Wildman–Crippen MR) is 83.2 cm³/mol. The molecule has 3 nitrogen and oxygen atoms in total. The van der Waals surface area contributed by atoms with Crippen LogP contribution in [-0.4, -0.2) is 30.5 Å². The van der Waals surface area contributed by atoms with E-state index in [1.165, 1.54) is 0 Å². The fourth-order valence-electron chi connectivity index (χ4n) is 1.40. The number of halogens is 1. The Hall–Kier alpha value is -0.520. The topological polar surface area (TPSA) is 41.1 Å². The van der Waals surface area contributed by atoms with E-state index >= 15 is 0 Å². The molecule has 100 valence electrons. The Bertz CT molecular complexity index is 387. The van der Waals surface area contributed by atoms with E-state index in [4.69, 9.17) is 0 Å². The zero-order chi connectivity index (χ0) is 13.4.